The Morgan fingerprint density at radius 1 is 1.44 bits per heavy atom. The van der Waals surface area contributed by atoms with Crippen LogP contribution in [0.3, 0.4) is 0 Å². The highest BCUT2D eigenvalue weighted by atomic mass is 16.4. The van der Waals surface area contributed by atoms with Crippen molar-refractivity contribution in [3.05, 3.63) is 17.8 Å². The van der Waals surface area contributed by atoms with Gasteiger partial charge >= 0.3 is 5.97 Å². The van der Waals surface area contributed by atoms with E-state index >= 15 is 0 Å². The number of nitrogens with one attached hydrogen (secondary N) is 1. The summed E-state index contributed by atoms with van der Waals surface area (Å²) in [5, 5.41) is 20.3. The van der Waals surface area contributed by atoms with E-state index in [1.165, 1.54) is 0 Å². The maximum atomic E-state index is 10.7. The molecule has 18 heavy (non-hydrogen) atoms. The zero-order valence-electron chi connectivity index (χ0n) is 10.8. The predicted octanol–water partition coefficient (Wildman–Crippen LogP) is 1.95. The number of nitrogens with zero attached hydrogens (tertiary/aromatic N) is 2. The molecule has 0 atom stereocenters. The number of aliphatic carboxylic acids is 1. The van der Waals surface area contributed by atoms with Gasteiger partial charge in [0.05, 0.1) is 11.6 Å². The summed E-state index contributed by atoms with van der Waals surface area (Å²) in [6, 6.07) is 4.11. The average molecular weight is 249 g/mol. The lowest BCUT2D eigenvalue weighted by molar-refractivity contribution is -0.144. The van der Waals surface area contributed by atoms with Crippen LogP contribution in [-0.2, 0) is 11.2 Å². The van der Waals surface area contributed by atoms with E-state index in [9.17, 15) is 4.79 Å². The summed E-state index contributed by atoms with van der Waals surface area (Å²) in [5.74, 6) is 0.402. The Morgan fingerprint density at radius 3 is 2.67 bits per heavy atom. The molecule has 0 amide bonds. The van der Waals surface area contributed by atoms with Crippen molar-refractivity contribution < 1.29 is 9.90 Å². The molecule has 2 rings (SSSR count). The van der Waals surface area contributed by atoms with Crippen molar-refractivity contribution in [2.24, 2.45) is 11.8 Å². The van der Waals surface area contributed by atoms with E-state index < -0.39 is 5.97 Å². The minimum Gasteiger partial charge on any atom is -0.481 e. The molecule has 5 nitrogen and oxygen atoms in total. The molecule has 98 valence electrons. The van der Waals surface area contributed by atoms with Crippen LogP contribution in [0.1, 0.15) is 32.4 Å². The van der Waals surface area contributed by atoms with Crippen LogP contribution in [0.15, 0.2) is 12.1 Å². The molecule has 0 unspecified atom stereocenters. The van der Waals surface area contributed by atoms with E-state index in [1.807, 2.05) is 12.1 Å². The van der Waals surface area contributed by atoms with Crippen LogP contribution in [0.4, 0.5) is 5.82 Å². The highest BCUT2D eigenvalue weighted by Crippen LogP contribution is 2.29. The summed E-state index contributed by atoms with van der Waals surface area (Å²) in [6.45, 7) is 4.29. The Labute approximate surface area is 107 Å². The maximum absolute atomic E-state index is 10.7. The van der Waals surface area contributed by atoms with Gasteiger partial charge in [0.15, 0.2) is 0 Å². The Kier molecular flexibility index (Phi) is 3.79. The molecule has 1 heterocycles. The number of hydrogen-bond acceptors (Lipinski definition) is 4. The predicted molar refractivity (Wildman–Crippen MR) is 68.3 cm³/mol. The van der Waals surface area contributed by atoms with Gasteiger partial charge < -0.3 is 10.4 Å². The lowest BCUT2D eigenvalue weighted by Crippen LogP contribution is -2.39. The van der Waals surface area contributed by atoms with Crippen molar-refractivity contribution in [2.75, 3.05) is 5.32 Å². The number of rotatable bonds is 5. The quantitative estimate of drug-likeness (QED) is 0.834. The van der Waals surface area contributed by atoms with Crippen molar-refractivity contribution in [3.8, 4) is 0 Å². The first kappa shape index (κ1) is 12.8. The van der Waals surface area contributed by atoms with Gasteiger partial charge in [-0.3, -0.25) is 4.79 Å². The van der Waals surface area contributed by atoms with Crippen LogP contribution in [0.2, 0.25) is 0 Å². The van der Waals surface area contributed by atoms with Gasteiger partial charge in [-0.05, 0) is 37.3 Å². The monoisotopic (exact) mass is 249 g/mol. The molecule has 0 spiro atoms. The van der Waals surface area contributed by atoms with Gasteiger partial charge in [0.2, 0.25) is 0 Å². The van der Waals surface area contributed by atoms with Crippen LogP contribution in [0.25, 0.3) is 0 Å². The molecular formula is C13H19N3O2. The summed E-state index contributed by atoms with van der Waals surface area (Å²) in [6.07, 6.45) is 2.27. The zero-order valence-corrected chi connectivity index (χ0v) is 10.8. The fourth-order valence-electron chi connectivity index (χ4n) is 2.11. The number of carboxylic acid groups (broad SMARTS) is 1. The van der Waals surface area contributed by atoms with Gasteiger partial charge in [0.1, 0.15) is 5.82 Å². The Balaban J connectivity index is 1.82. The van der Waals surface area contributed by atoms with E-state index in [0.717, 1.165) is 17.9 Å². The Morgan fingerprint density at radius 2 is 2.17 bits per heavy atom. The van der Waals surface area contributed by atoms with Gasteiger partial charge in [-0.25, -0.2) is 0 Å². The highest BCUT2D eigenvalue weighted by Gasteiger charge is 2.34. The maximum Gasteiger partial charge on any atom is 0.306 e. The van der Waals surface area contributed by atoms with E-state index in [4.69, 9.17) is 5.11 Å². The highest BCUT2D eigenvalue weighted by molar-refractivity contribution is 5.71. The van der Waals surface area contributed by atoms with E-state index in [-0.39, 0.29) is 12.0 Å². The zero-order chi connectivity index (χ0) is 13.1. The molecular weight excluding hydrogens is 230 g/mol. The van der Waals surface area contributed by atoms with Crippen molar-refractivity contribution >= 4 is 11.8 Å². The summed E-state index contributed by atoms with van der Waals surface area (Å²) >= 11 is 0. The fourth-order valence-corrected chi connectivity index (χ4v) is 2.11. The van der Waals surface area contributed by atoms with E-state index in [0.29, 0.717) is 18.8 Å². The lowest BCUT2D eigenvalue weighted by atomic mass is 9.80. The van der Waals surface area contributed by atoms with Crippen LogP contribution in [0.5, 0.6) is 0 Å². The smallest absolute Gasteiger partial charge is 0.306 e. The minimum absolute atomic E-state index is 0.198. The largest absolute Gasteiger partial charge is 0.481 e. The van der Waals surface area contributed by atoms with Crippen molar-refractivity contribution in [1.29, 1.82) is 0 Å². The first-order chi connectivity index (χ1) is 8.54. The number of carbonyl (C=O) groups is 1. The molecule has 5 heteroatoms. The summed E-state index contributed by atoms with van der Waals surface area (Å²) in [7, 11) is 0. The summed E-state index contributed by atoms with van der Waals surface area (Å²) in [4.78, 5) is 10.7. The first-order valence-corrected chi connectivity index (χ1v) is 6.36. The third-order valence-corrected chi connectivity index (χ3v) is 3.18. The van der Waals surface area contributed by atoms with Crippen LogP contribution in [-0.4, -0.2) is 27.3 Å². The van der Waals surface area contributed by atoms with Crippen LogP contribution in [0, 0.1) is 11.8 Å². The van der Waals surface area contributed by atoms with E-state index in [2.05, 4.69) is 29.4 Å². The molecule has 0 saturated heterocycles. The topological polar surface area (TPSA) is 75.1 Å². The SMILES string of the molecule is CC(C)Cc1ccc(NC2CC(C(=O)O)C2)nn1. The summed E-state index contributed by atoms with van der Waals surface area (Å²) < 4.78 is 0. The second kappa shape index (κ2) is 5.33. The molecule has 0 aliphatic heterocycles. The third kappa shape index (κ3) is 3.18. The molecule has 1 fully saturated rings. The Bertz CT molecular complexity index is 411. The van der Waals surface area contributed by atoms with Crippen molar-refractivity contribution in [1.82, 2.24) is 10.2 Å². The van der Waals surface area contributed by atoms with E-state index in [1.54, 1.807) is 0 Å². The molecule has 0 radical (unpaired) electrons. The molecule has 0 bridgehead atoms. The molecule has 1 aromatic heterocycles. The molecule has 2 N–H and O–H groups in total. The van der Waals surface area contributed by atoms with Crippen LogP contribution >= 0.6 is 0 Å². The molecule has 1 aliphatic carbocycles. The molecule has 1 aliphatic rings. The third-order valence-electron chi connectivity index (χ3n) is 3.18. The number of aromatic nitrogens is 2. The second-order valence-corrected chi connectivity index (χ2v) is 5.36. The number of hydrogen-bond donors (Lipinski definition) is 2. The molecule has 1 saturated carbocycles. The summed E-state index contributed by atoms with van der Waals surface area (Å²) in [5.41, 5.74) is 0.993. The minimum atomic E-state index is -0.702. The van der Waals surface area contributed by atoms with Crippen molar-refractivity contribution in [3.63, 3.8) is 0 Å². The molecule has 1 aromatic rings. The second-order valence-electron chi connectivity index (χ2n) is 5.36. The number of carboxylic acids is 1. The standard InChI is InChI=1S/C13H19N3O2/c1-8(2)5-10-3-4-12(16-15-10)14-11-6-9(7-11)13(17)18/h3-4,8-9,11H,5-7H2,1-2H3,(H,14,16)(H,17,18). The Hall–Kier alpha value is -1.65. The normalized spacial score (nSPS) is 22.6. The van der Waals surface area contributed by atoms with Crippen LogP contribution < -0.4 is 5.32 Å². The number of anilines is 1. The lowest BCUT2D eigenvalue weighted by Gasteiger charge is -2.33. The fraction of sp³-hybridized carbons (Fsp3) is 0.615. The first-order valence-electron chi connectivity index (χ1n) is 6.36. The molecule has 0 aromatic carbocycles. The van der Waals surface area contributed by atoms with Gasteiger partial charge in [0, 0.05) is 6.04 Å². The van der Waals surface area contributed by atoms with Gasteiger partial charge in [-0.2, -0.15) is 5.10 Å². The van der Waals surface area contributed by atoms with Gasteiger partial charge in [-0.15, -0.1) is 5.10 Å². The van der Waals surface area contributed by atoms with Gasteiger partial charge in [0.25, 0.3) is 0 Å². The van der Waals surface area contributed by atoms with Crippen molar-refractivity contribution in [2.45, 2.75) is 39.2 Å². The average Bonchev–Trinajstić information content (AvgIpc) is 2.23. The van der Waals surface area contributed by atoms with Gasteiger partial charge in [-0.1, -0.05) is 13.8 Å².